The van der Waals surface area contributed by atoms with E-state index in [-0.39, 0.29) is 11.7 Å². The van der Waals surface area contributed by atoms with E-state index in [0.717, 1.165) is 11.3 Å². The number of phenolic OH excluding ortho intramolecular Hbond substituents is 1. The van der Waals surface area contributed by atoms with Gasteiger partial charge in [-0.1, -0.05) is 18.2 Å². The molecule has 2 aromatic carbocycles. The lowest BCUT2D eigenvalue weighted by Crippen LogP contribution is -2.11. The van der Waals surface area contributed by atoms with E-state index < -0.39 is 0 Å². The van der Waals surface area contributed by atoms with Crippen LogP contribution in [-0.2, 0) is 0 Å². The largest absolute Gasteiger partial charge is 0.508 e. The third kappa shape index (κ3) is 3.27. The summed E-state index contributed by atoms with van der Waals surface area (Å²) in [6, 6.07) is 12.5. The first kappa shape index (κ1) is 15.3. The molecule has 1 aromatic heterocycles. The molecule has 0 fully saturated rings. The van der Waals surface area contributed by atoms with Gasteiger partial charge >= 0.3 is 0 Å². The van der Waals surface area contributed by atoms with Crippen molar-refractivity contribution in [3.8, 4) is 11.4 Å². The Morgan fingerprint density at radius 3 is 2.78 bits per heavy atom. The molecule has 0 radical (unpaired) electrons. The fourth-order valence-corrected chi connectivity index (χ4v) is 2.66. The summed E-state index contributed by atoms with van der Waals surface area (Å²) in [7, 11) is 0. The monoisotopic (exact) mass is 371 g/mol. The fourth-order valence-electron chi connectivity index (χ4n) is 2.19. The molecule has 0 aliphatic rings. The highest BCUT2D eigenvalue weighted by molar-refractivity contribution is 9.10. The Labute approximate surface area is 141 Å². The number of aromatic hydroxyl groups is 1. The lowest BCUT2D eigenvalue weighted by molar-refractivity contribution is 0.102. The van der Waals surface area contributed by atoms with Gasteiger partial charge in [-0.25, -0.2) is 4.68 Å². The van der Waals surface area contributed by atoms with Gasteiger partial charge in [-0.2, -0.15) is 5.10 Å². The highest BCUT2D eigenvalue weighted by Gasteiger charge is 2.12. The molecule has 0 saturated carbocycles. The standard InChI is InChI=1S/C17H14BrN3O2/c1-11-4-2-3-5-16(11)21-10-12(9-19-21)17(23)20-15-7-6-13(22)8-14(15)18/h2-10,22H,1H3,(H,20,23). The van der Waals surface area contributed by atoms with Crippen molar-refractivity contribution in [3.05, 3.63) is 70.5 Å². The van der Waals surface area contributed by atoms with E-state index in [1.165, 1.54) is 18.3 Å². The van der Waals surface area contributed by atoms with E-state index >= 15 is 0 Å². The number of para-hydroxylation sites is 1. The molecular formula is C17H14BrN3O2. The summed E-state index contributed by atoms with van der Waals surface area (Å²) < 4.78 is 2.29. The summed E-state index contributed by atoms with van der Waals surface area (Å²) in [5.41, 5.74) is 3.03. The number of amides is 1. The summed E-state index contributed by atoms with van der Waals surface area (Å²) in [5.74, 6) is -0.140. The summed E-state index contributed by atoms with van der Waals surface area (Å²) in [6.07, 6.45) is 3.21. The molecular weight excluding hydrogens is 358 g/mol. The zero-order valence-electron chi connectivity index (χ0n) is 12.3. The third-order valence-corrected chi connectivity index (χ3v) is 4.06. The van der Waals surface area contributed by atoms with Crippen LogP contribution in [0.25, 0.3) is 5.69 Å². The molecule has 6 heteroatoms. The van der Waals surface area contributed by atoms with Crippen LogP contribution in [0.2, 0.25) is 0 Å². The highest BCUT2D eigenvalue weighted by Crippen LogP contribution is 2.27. The van der Waals surface area contributed by atoms with E-state index in [0.29, 0.717) is 15.7 Å². The van der Waals surface area contributed by atoms with E-state index in [1.807, 2.05) is 31.2 Å². The Morgan fingerprint density at radius 2 is 2.04 bits per heavy atom. The Bertz CT molecular complexity index is 874. The minimum Gasteiger partial charge on any atom is -0.508 e. The Hall–Kier alpha value is -2.60. The van der Waals surface area contributed by atoms with E-state index in [1.54, 1.807) is 16.9 Å². The number of anilines is 1. The van der Waals surface area contributed by atoms with Gasteiger partial charge in [0.05, 0.1) is 23.1 Å². The van der Waals surface area contributed by atoms with Crippen LogP contribution < -0.4 is 5.32 Å². The molecule has 116 valence electrons. The van der Waals surface area contributed by atoms with Crippen molar-refractivity contribution >= 4 is 27.5 Å². The van der Waals surface area contributed by atoms with Gasteiger partial charge in [-0.3, -0.25) is 4.79 Å². The number of aromatic nitrogens is 2. The SMILES string of the molecule is Cc1ccccc1-n1cc(C(=O)Nc2ccc(O)cc2Br)cn1. The second kappa shape index (κ2) is 6.26. The van der Waals surface area contributed by atoms with Gasteiger partial charge in [-0.15, -0.1) is 0 Å². The maximum atomic E-state index is 12.3. The van der Waals surface area contributed by atoms with Gasteiger partial charge in [-0.05, 0) is 52.7 Å². The first-order valence-electron chi connectivity index (χ1n) is 6.95. The first-order chi connectivity index (χ1) is 11.0. The number of aryl methyl sites for hydroxylation is 1. The predicted octanol–water partition coefficient (Wildman–Crippen LogP) is 3.90. The number of rotatable bonds is 3. The quantitative estimate of drug-likeness (QED) is 0.686. The number of halogens is 1. The van der Waals surface area contributed by atoms with E-state index in [2.05, 4.69) is 26.3 Å². The molecule has 0 atom stereocenters. The summed E-state index contributed by atoms with van der Waals surface area (Å²) in [4.78, 5) is 12.3. The topological polar surface area (TPSA) is 67.2 Å². The van der Waals surface area contributed by atoms with Crippen molar-refractivity contribution in [2.75, 3.05) is 5.32 Å². The van der Waals surface area contributed by atoms with Crippen molar-refractivity contribution in [3.63, 3.8) is 0 Å². The van der Waals surface area contributed by atoms with E-state index in [9.17, 15) is 9.90 Å². The molecule has 23 heavy (non-hydrogen) atoms. The second-order valence-electron chi connectivity index (χ2n) is 5.08. The van der Waals surface area contributed by atoms with Crippen LogP contribution in [0.4, 0.5) is 5.69 Å². The number of carbonyl (C=O) groups excluding carboxylic acids is 1. The fraction of sp³-hybridized carbons (Fsp3) is 0.0588. The summed E-state index contributed by atoms with van der Waals surface area (Å²) >= 11 is 3.30. The van der Waals surface area contributed by atoms with Gasteiger partial charge in [0.25, 0.3) is 5.91 Å². The van der Waals surface area contributed by atoms with Crippen molar-refractivity contribution in [2.24, 2.45) is 0 Å². The predicted molar refractivity (Wildman–Crippen MR) is 92.1 cm³/mol. The van der Waals surface area contributed by atoms with Gasteiger partial charge in [0.2, 0.25) is 0 Å². The molecule has 3 rings (SSSR count). The maximum Gasteiger partial charge on any atom is 0.258 e. The number of hydrogen-bond acceptors (Lipinski definition) is 3. The molecule has 0 spiro atoms. The van der Waals surface area contributed by atoms with Crippen LogP contribution in [-0.4, -0.2) is 20.8 Å². The Balaban J connectivity index is 1.83. The normalized spacial score (nSPS) is 10.5. The van der Waals surface area contributed by atoms with Crippen molar-refractivity contribution in [1.82, 2.24) is 9.78 Å². The zero-order valence-corrected chi connectivity index (χ0v) is 13.9. The molecule has 1 amide bonds. The average Bonchev–Trinajstić information content (AvgIpc) is 3.00. The Kier molecular flexibility index (Phi) is 4.16. The van der Waals surface area contributed by atoms with Crippen LogP contribution in [0.15, 0.2) is 59.3 Å². The molecule has 1 heterocycles. The first-order valence-corrected chi connectivity index (χ1v) is 7.74. The number of hydrogen-bond donors (Lipinski definition) is 2. The molecule has 0 aliphatic carbocycles. The van der Waals surface area contributed by atoms with Crippen LogP contribution in [0, 0.1) is 6.92 Å². The van der Waals surface area contributed by atoms with Crippen molar-refractivity contribution in [2.45, 2.75) is 6.92 Å². The summed E-state index contributed by atoms with van der Waals surface area (Å²) in [6.45, 7) is 1.99. The van der Waals surface area contributed by atoms with Gasteiger partial charge in [0.15, 0.2) is 0 Å². The van der Waals surface area contributed by atoms with Crippen LogP contribution in [0.1, 0.15) is 15.9 Å². The smallest absolute Gasteiger partial charge is 0.258 e. The van der Waals surface area contributed by atoms with E-state index in [4.69, 9.17) is 0 Å². The molecule has 0 bridgehead atoms. The summed E-state index contributed by atoms with van der Waals surface area (Å²) in [5, 5.41) is 16.4. The number of nitrogens with one attached hydrogen (secondary N) is 1. The van der Waals surface area contributed by atoms with Gasteiger partial charge in [0, 0.05) is 10.7 Å². The van der Waals surface area contributed by atoms with Gasteiger partial charge in [0.1, 0.15) is 5.75 Å². The second-order valence-corrected chi connectivity index (χ2v) is 5.93. The Morgan fingerprint density at radius 1 is 1.26 bits per heavy atom. The lowest BCUT2D eigenvalue weighted by Gasteiger charge is -2.06. The molecule has 5 nitrogen and oxygen atoms in total. The zero-order chi connectivity index (χ0) is 16.4. The van der Waals surface area contributed by atoms with Gasteiger partial charge < -0.3 is 10.4 Å². The number of phenols is 1. The van der Waals surface area contributed by atoms with Crippen LogP contribution in [0.3, 0.4) is 0 Å². The van der Waals surface area contributed by atoms with Crippen LogP contribution in [0.5, 0.6) is 5.75 Å². The molecule has 0 aliphatic heterocycles. The number of nitrogens with zero attached hydrogens (tertiary/aromatic N) is 2. The lowest BCUT2D eigenvalue weighted by atomic mass is 10.2. The minimum atomic E-state index is -0.267. The van der Waals surface area contributed by atoms with Crippen molar-refractivity contribution in [1.29, 1.82) is 0 Å². The number of carbonyl (C=O) groups is 1. The molecule has 0 unspecified atom stereocenters. The minimum absolute atomic E-state index is 0.127. The molecule has 3 aromatic rings. The molecule has 2 N–H and O–H groups in total. The molecule has 0 saturated heterocycles. The van der Waals surface area contributed by atoms with Crippen LogP contribution >= 0.6 is 15.9 Å². The van der Waals surface area contributed by atoms with Crippen molar-refractivity contribution < 1.29 is 9.90 Å². The average molecular weight is 372 g/mol. The number of benzene rings is 2. The highest BCUT2D eigenvalue weighted by atomic mass is 79.9. The maximum absolute atomic E-state index is 12.3. The third-order valence-electron chi connectivity index (χ3n) is 3.41.